The fourth-order valence-electron chi connectivity index (χ4n) is 5.80. The number of halogens is 6. The lowest BCUT2D eigenvalue weighted by Gasteiger charge is -2.29. The monoisotopic (exact) mass is 666 g/mol. The van der Waals surface area contributed by atoms with Crippen molar-refractivity contribution in [1.82, 2.24) is 0 Å². The van der Waals surface area contributed by atoms with Crippen molar-refractivity contribution in [3.05, 3.63) is 106 Å². The van der Waals surface area contributed by atoms with Crippen LogP contribution >= 0.6 is 0 Å². The Balaban J connectivity index is 2.35. The highest BCUT2D eigenvalue weighted by atomic mass is 19.4. The lowest BCUT2D eigenvalue weighted by atomic mass is 9.76. The van der Waals surface area contributed by atoms with Crippen molar-refractivity contribution in [1.29, 1.82) is 0 Å². The van der Waals surface area contributed by atoms with Crippen LogP contribution in [0.25, 0.3) is 33.4 Å². The van der Waals surface area contributed by atoms with E-state index >= 15 is 0 Å². The first-order chi connectivity index (χ1) is 21.6. The maximum atomic E-state index is 14.9. The van der Waals surface area contributed by atoms with Crippen molar-refractivity contribution in [2.24, 2.45) is 0 Å². The van der Waals surface area contributed by atoms with Gasteiger partial charge in [0.2, 0.25) is 0 Å². The predicted molar refractivity (Wildman–Crippen MR) is 188 cm³/mol. The average Bonchev–Trinajstić information content (AvgIpc) is 2.93. The van der Waals surface area contributed by atoms with Crippen LogP contribution in [0.3, 0.4) is 0 Å². The third-order valence-corrected chi connectivity index (χ3v) is 8.92. The van der Waals surface area contributed by atoms with E-state index in [0.717, 1.165) is 40.5 Å². The zero-order valence-electron chi connectivity index (χ0n) is 30.2. The minimum Gasteiger partial charge on any atom is -0.166 e. The second-order valence-electron chi connectivity index (χ2n) is 17.1. The second kappa shape index (κ2) is 12.1. The van der Waals surface area contributed by atoms with E-state index in [2.05, 4.69) is 0 Å². The van der Waals surface area contributed by atoms with E-state index < -0.39 is 23.5 Å². The molecule has 0 spiro atoms. The normalized spacial score (nSPS) is 13.6. The molecule has 0 heterocycles. The highest BCUT2D eigenvalue weighted by molar-refractivity contribution is 5.97. The zero-order valence-corrected chi connectivity index (χ0v) is 30.2. The Morgan fingerprint density at radius 2 is 0.688 bits per heavy atom. The van der Waals surface area contributed by atoms with E-state index in [0.29, 0.717) is 11.1 Å². The van der Waals surface area contributed by atoms with Gasteiger partial charge in [-0.05, 0) is 95.5 Å². The summed E-state index contributed by atoms with van der Waals surface area (Å²) in [7, 11) is 0. The number of benzene rings is 4. The van der Waals surface area contributed by atoms with Gasteiger partial charge in [0.05, 0.1) is 11.1 Å². The Labute approximate surface area is 282 Å². The van der Waals surface area contributed by atoms with Crippen LogP contribution < -0.4 is 0 Å². The molecule has 0 aliphatic heterocycles. The minimum atomic E-state index is -4.76. The van der Waals surface area contributed by atoms with E-state index in [4.69, 9.17) is 0 Å². The Morgan fingerprint density at radius 3 is 0.979 bits per heavy atom. The van der Waals surface area contributed by atoms with Gasteiger partial charge < -0.3 is 0 Å². The molecular weight excluding hydrogens is 618 g/mol. The molecule has 0 saturated heterocycles. The first-order valence-corrected chi connectivity index (χ1v) is 16.3. The Kier molecular flexibility index (Phi) is 9.40. The predicted octanol–water partition coefficient (Wildman–Crippen LogP) is 13.9. The molecule has 0 fully saturated rings. The van der Waals surface area contributed by atoms with Gasteiger partial charge in [0.15, 0.2) is 0 Å². The summed E-state index contributed by atoms with van der Waals surface area (Å²) >= 11 is 0. The molecule has 48 heavy (non-hydrogen) atoms. The van der Waals surface area contributed by atoms with Gasteiger partial charge in [-0.15, -0.1) is 0 Å². The summed E-state index contributed by atoms with van der Waals surface area (Å²) in [5.74, 6) is 0. The summed E-state index contributed by atoms with van der Waals surface area (Å²) in [6.07, 6.45) is -9.50. The summed E-state index contributed by atoms with van der Waals surface area (Å²) in [5.41, 5.74) is 1.20. The van der Waals surface area contributed by atoms with Crippen LogP contribution in [0.15, 0.2) is 72.8 Å². The number of hydrogen-bond donors (Lipinski definition) is 0. The van der Waals surface area contributed by atoms with Gasteiger partial charge in [-0.3, -0.25) is 0 Å². The summed E-state index contributed by atoms with van der Waals surface area (Å²) in [5, 5.41) is 0. The molecule has 4 aromatic carbocycles. The van der Waals surface area contributed by atoms with Gasteiger partial charge >= 0.3 is 12.4 Å². The molecule has 0 aromatic heterocycles. The zero-order chi connectivity index (χ0) is 36.4. The maximum absolute atomic E-state index is 14.9. The largest absolute Gasteiger partial charge is 0.417 e. The van der Waals surface area contributed by atoms with E-state index in [1.54, 1.807) is 0 Å². The number of alkyl halides is 6. The molecular formula is C42H48F6. The molecule has 4 rings (SSSR count). The summed E-state index contributed by atoms with van der Waals surface area (Å²) in [6, 6.07) is 18.7. The molecule has 0 aliphatic carbocycles. The lowest BCUT2D eigenvalue weighted by molar-refractivity contribution is -0.138. The van der Waals surface area contributed by atoms with E-state index in [1.807, 2.05) is 119 Å². The van der Waals surface area contributed by atoms with Crippen LogP contribution in [0.2, 0.25) is 0 Å². The lowest BCUT2D eigenvalue weighted by Crippen LogP contribution is -2.17. The molecule has 0 unspecified atom stereocenters. The molecule has 0 radical (unpaired) electrons. The average molecular weight is 667 g/mol. The third kappa shape index (κ3) is 8.01. The Morgan fingerprint density at radius 1 is 0.354 bits per heavy atom. The molecule has 0 aliphatic rings. The molecule has 0 N–H and O–H groups in total. The standard InChI is InChI=1S/C42H48F6/c1-37(2,3)27-17-25(18-28(21-27)38(4,5)6)33-23-31(41(43,44)45)24-34(36(33)32-15-13-14-16-35(32)42(46,47)48)26-19-29(39(7,8)9)22-30(20-26)40(10,11)12/h13-24H,1-12H3. The molecule has 0 saturated carbocycles. The molecule has 0 bridgehead atoms. The summed E-state index contributed by atoms with van der Waals surface area (Å²) in [6.45, 7) is 24.2. The first kappa shape index (κ1) is 37.3. The Bertz CT molecular complexity index is 1650. The molecule has 0 nitrogen and oxygen atoms in total. The molecule has 0 amide bonds. The number of rotatable bonds is 3. The third-order valence-electron chi connectivity index (χ3n) is 8.92. The SMILES string of the molecule is CC(C)(C)c1cc(-c2cc(C(F)(F)F)cc(-c3cc(C(C)(C)C)cc(C(C)(C)C)c3)c2-c2ccccc2C(F)(F)F)cc(C(C)(C)C)c1. The quantitative estimate of drug-likeness (QED) is 0.191. The van der Waals surface area contributed by atoms with Crippen molar-refractivity contribution in [3.63, 3.8) is 0 Å². The van der Waals surface area contributed by atoms with Crippen molar-refractivity contribution in [2.45, 2.75) is 117 Å². The summed E-state index contributed by atoms with van der Waals surface area (Å²) in [4.78, 5) is 0. The van der Waals surface area contributed by atoms with Crippen molar-refractivity contribution in [2.75, 3.05) is 0 Å². The van der Waals surface area contributed by atoms with E-state index in [9.17, 15) is 26.3 Å². The topological polar surface area (TPSA) is 0 Å². The fourth-order valence-corrected chi connectivity index (χ4v) is 5.80. The first-order valence-electron chi connectivity index (χ1n) is 16.3. The van der Waals surface area contributed by atoms with Gasteiger partial charge in [-0.25, -0.2) is 0 Å². The molecule has 0 atom stereocenters. The smallest absolute Gasteiger partial charge is 0.166 e. The van der Waals surface area contributed by atoms with Crippen LogP contribution in [0.5, 0.6) is 0 Å². The highest BCUT2D eigenvalue weighted by Gasteiger charge is 2.37. The van der Waals surface area contributed by atoms with Crippen LogP contribution in [0, 0.1) is 0 Å². The van der Waals surface area contributed by atoms with E-state index in [1.165, 1.54) is 18.2 Å². The summed E-state index contributed by atoms with van der Waals surface area (Å²) < 4.78 is 88.9. The molecule has 4 aromatic rings. The fraction of sp³-hybridized carbons (Fsp3) is 0.429. The van der Waals surface area contributed by atoms with Gasteiger partial charge in [0, 0.05) is 0 Å². The van der Waals surface area contributed by atoms with Gasteiger partial charge in [-0.1, -0.05) is 138 Å². The Hall–Kier alpha value is -3.54. The molecule has 258 valence electrons. The number of hydrogen-bond acceptors (Lipinski definition) is 0. The van der Waals surface area contributed by atoms with Crippen LogP contribution in [-0.4, -0.2) is 0 Å². The highest BCUT2D eigenvalue weighted by Crippen LogP contribution is 2.49. The van der Waals surface area contributed by atoms with E-state index in [-0.39, 0.29) is 43.9 Å². The van der Waals surface area contributed by atoms with Crippen molar-refractivity contribution >= 4 is 0 Å². The van der Waals surface area contributed by atoms with Gasteiger partial charge in [-0.2, -0.15) is 26.3 Å². The maximum Gasteiger partial charge on any atom is 0.417 e. The van der Waals surface area contributed by atoms with Crippen LogP contribution in [0.1, 0.15) is 116 Å². The van der Waals surface area contributed by atoms with Gasteiger partial charge in [0.1, 0.15) is 0 Å². The van der Waals surface area contributed by atoms with Gasteiger partial charge in [0.25, 0.3) is 0 Å². The van der Waals surface area contributed by atoms with Crippen molar-refractivity contribution in [3.8, 4) is 33.4 Å². The van der Waals surface area contributed by atoms with Crippen molar-refractivity contribution < 1.29 is 26.3 Å². The second-order valence-corrected chi connectivity index (χ2v) is 17.1. The van der Waals surface area contributed by atoms with Crippen LogP contribution in [-0.2, 0) is 34.0 Å². The van der Waals surface area contributed by atoms with Crippen LogP contribution in [0.4, 0.5) is 26.3 Å². The minimum absolute atomic E-state index is 0.103. The molecule has 6 heteroatoms.